The van der Waals surface area contributed by atoms with E-state index in [1.165, 1.54) is 0 Å². The molecule has 8 heavy (non-hydrogen) atoms. The molecule has 0 aliphatic rings. The molecule has 0 amide bonds. The minimum atomic E-state index is -0.109. The number of hydrogen-bond acceptors (Lipinski definition) is 2. The Kier molecular flexibility index (Phi) is 4.71. The van der Waals surface area contributed by atoms with Crippen molar-refractivity contribution in [3.8, 4) is 0 Å². The summed E-state index contributed by atoms with van der Waals surface area (Å²) < 4.78 is 2.16. The summed E-state index contributed by atoms with van der Waals surface area (Å²) in [5.41, 5.74) is 0. The molecule has 2 nitrogen and oxygen atoms in total. The Morgan fingerprint density at radius 2 is 1.50 bits per heavy atom. The molecular formula is C3H13N2P3. The Labute approximate surface area is 57.0 Å². The molecular weight excluding hydrogens is 157 g/mol. The normalized spacial score (nSPS) is 12.0. The maximum atomic E-state index is 2.75. The summed E-state index contributed by atoms with van der Waals surface area (Å²) in [7, 11) is 11.5. The standard InChI is InChI=1S/C3H13N2P3/c1-4(2)5(3)8(6)7/h6-7H2,1-3H3. The molecule has 0 saturated carbocycles. The Morgan fingerprint density at radius 3 is 1.50 bits per heavy atom. The topological polar surface area (TPSA) is 6.48 Å². The first-order valence-electron chi connectivity index (χ1n) is 2.26. The van der Waals surface area contributed by atoms with E-state index in [2.05, 4.69) is 34.7 Å². The van der Waals surface area contributed by atoms with Gasteiger partial charge in [-0.25, -0.2) is 9.79 Å². The van der Waals surface area contributed by atoms with Gasteiger partial charge < -0.3 is 0 Å². The van der Waals surface area contributed by atoms with Gasteiger partial charge in [0.25, 0.3) is 0 Å². The first-order chi connectivity index (χ1) is 3.55. The van der Waals surface area contributed by atoms with Crippen LogP contribution in [0.3, 0.4) is 0 Å². The Bertz CT molecular complexity index is 57.5. The highest BCUT2D eigenvalue weighted by Crippen LogP contribution is 2.55. The van der Waals surface area contributed by atoms with Gasteiger partial charge in [-0.2, -0.15) is 0 Å². The fourth-order valence-corrected chi connectivity index (χ4v) is 1.86. The molecule has 0 aromatic carbocycles. The first kappa shape index (κ1) is 9.21. The van der Waals surface area contributed by atoms with Gasteiger partial charge in [0.1, 0.15) is 0 Å². The Morgan fingerprint density at radius 1 is 1.12 bits per heavy atom. The fourth-order valence-electron chi connectivity index (χ4n) is 0.207. The van der Waals surface area contributed by atoms with Crippen molar-refractivity contribution in [2.75, 3.05) is 21.1 Å². The predicted molar refractivity (Wildman–Crippen MR) is 47.8 cm³/mol. The van der Waals surface area contributed by atoms with Crippen LogP contribution in [0.15, 0.2) is 0 Å². The van der Waals surface area contributed by atoms with E-state index in [4.69, 9.17) is 0 Å². The van der Waals surface area contributed by atoms with Crippen LogP contribution in [0.4, 0.5) is 0 Å². The summed E-state index contributed by atoms with van der Waals surface area (Å²) in [6.07, 6.45) is 0. The first-order valence-corrected chi connectivity index (χ1v) is 6.79. The van der Waals surface area contributed by atoms with Gasteiger partial charge in [-0.3, -0.25) is 0 Å². The highest BCUT2D eigenvalue weighted by atomic mass is 32.4. The monoisotopic (exact) mass is 170 g/mol. The average Bonchev–Trinajstić information content (AvgIpc) is 1.64. The van der Waals surface area contributed by atoms with Crippen molar-refractivity contribution in [3.05, 3.63) is 0 Å². The van der Waals surface area contributed by atoms with Crippen molar-refractivity contribution in [1.29, 1.82) is 0 Å². The van der Waals surface area contributed by atoms with Gasteiger partial charge in [-0.1, -0.05) is 17.9 Å². The van der Waals surface area contributed by atoms with E-state index in [1.807, 2.05) is 14.1 Å². The fraction of sp³-hybridized carbons (Fsp3) is 1.00. The van der Waals surface area contributed by atoms with Crippen molar-refractivity contribution in [2.45, 2.75) is 0 Å². The second-order valence-corrected chi connectivity index (χ2v) is 8.02. The average molecular weight is 170 g/mol. The van der Waals surface area contributed by atoms with Gasteiger partial charge in [-0.15, -0.1) is 0 Å². The summed E-state index contributed by atoms with van der Waals surface area (Å²) in [5.74, 6) is 0. The second-order valence-electron chi connectivity index (χ2n) is 1.72. The lowest BCUT2D eigenvalue weighted by Gasteiger charge is -2.27. The van der Waals surface area contributed by atoms with Crippen LogP contribution < -0.4 is 0 Å². The van der Waals surface area contributed by atoms with Gasteiger partial charge >= 0.3 is 0 Å². The zero-order valence-electron chi connectivity index (χ0n) is 5.50. The van der Waals surface area contributed by atoms with E-state index in [9.17, 15) is 0 Å². The minimum absolute atomic E-state index is 0.109. The van der Waals surface area contributed by atoms with E-state index < -0.39 is 0 Å². The summed E-state index contributed by atoms with van der Waals surface area (Å²) >= 11 is 0. The van der Waals surface area contributed by atoms with E-state index in [0.717, 1.165) is 0 Å². The van der Waals surface area contributed by atoms with Gasteiger partial charge in [-0.05, 0) is 0 Å². The SMILES string of the molecule is CN(C)N(C)P(P)P. The zero-order chi connectivity index (χ0) is 6.73. The molecule has 50 valence electrons. The highest BCUT2D eigenvalue weighted by Gasteiger charge is 2.02. The molecule has 0 radical (unpaired) electrons. The number of rotatable bonds is 2. The van der Waals surface area contributed by atoms with Crippen molar-refractivity contribution in [3.63, 3.8) is 0 Å². The lowest BCUT2D eigenvalue weighted by Crippen LogP contribution is -2.25. The molecule has 2 unspecified atom stereocenters. The predicted octanol–water partition coefficient (Wildman–Crippen LogP) is 1.37. The van der Waals surface area contributed by atoms with Gasteiger partial charge in [0.15, 0.2) is 0 Å². The highest BCUT2D eigenvalue weighted by molar-refractivity contribution is 8.42. The molecule has 0 heterocycles. The van der Waals surface area contributed by atoms with Crippen LogP contribution in [0.5, 0.6) is 0 Å². The summed E-state index contributed by atoms with van der Waals surface area (Å²) in [5, 5.41) is 2.06. The third-order valence-corrected chi connectivity index (χ3v) is 3.94. The number of hydrogen-bond donors (Lipinski definition) is 0. The smallest absolute Gasteiger partial charge is 0.0168 e. The van der Waals surface area contributed by atoms with Crippen molar-refractivity contribution >= 4 is 25.3 Å². The van der Waals surface area contributed by atoms with Gasteiger partial charge in [0.2, 0.25) is 0 Å². The van der Waals surface area contributed by atoms with E-state index in [1.54, 1.807) is 0 Å². The summed E-state index contributed by atoms with van der Waals surface area (Å²) in [6.45, 7) is 0. The molecule has 0 aliphatic carbocycles. The largest absolute Gasteiger partial charge is 0.244 e. The maximum absolute atomic E-state index is 2.75. The van der Waals surface area contributed by atoms with Crippen LogP contribution in [-0.2, 0) is 0 Å². The van der Waals surface area contributed by atoms with E-state index >= 15 is 0 Å². The van der Waals surface area contributed by atoms with Crippen LogP contribution in [0, 0.1) is 0 Å². The third kappa shape index (κ3) is 3.28. The summed E-state index contributed by atoms with van der Waals surface area (Å²) in [4.78, 5) is 0. The molecule has 0 saturated heterocycles. The van der Waals surface area contributed by atoms with E-state index in [0.29, 0.717) is 0 Å². The van der Waals surface area contributed by atoms with Crippen molar-refractivity contribution < 1.29 is 0 Å². The molecule has 0 rings (SSSR count). The van der Waals surface area contributed by atoms with Crippen LogP contribution in [0.2, 0.25) is 0 Å². The summed E-state index contributed by atoms with van der Waals surface area (Å²) in [6, 6.07) is 0. The Hall–Kier alpha value is 1.21. The second kappa shape index (κ2) is 4.09. The minimum Gasteiger partial charge on any atom is -0.244 e. The molecule has 2 atom stereocenters. The zero-order valence-corrected chi connectivity index (χ0v) is 8.70. The Balaban J connectivity index is 3.46. The van der Waals surface area contributed by atoms with Gasteiger partial charge in [0, 0.05) is 28.6 Å². The molecule has 0 aromatic heterocycles. The molecule has 0 spiro atoms. The van der Waals surface area contributed by atoms with Gasteiger partial charge in [0.05, 0.1) is 0 Å². The third-order valence-electron chi connectivity index (χ3n) is 0.913. The van der Waals surface area contributed by atoms with Crippen LogP contribution in [-0.4, -0.2) is 30.9 Å². The van der Waals surface area contributed by atoms with Crippen LogP contribution >= 0.6 is 25.3 Å². The maximum Gasteiger partial charge on any atom is 0.0168 e. The quantitative estimate of drug-likeness (QED) is 0.456. The van der Waals surface area contributed by atoms with Crippen molar-refractivity contribution in [1.82, 2.24) is 9.79 Å². The molecule has 0 N–H and O–H groups in total. The number of hydrazine groups is 1. The number of nitrogens with zero attached hydrogens (tertiary/aromatic N) is 2. The molecule has 0 aliphatic heterocycles. The molecule has 0 fully saturated rings. The van der Waals surface area contributed by atoms with Crippen LogP contribution in [0.25, 0.3) is 0 Å². The van der Waals surface area contributed by atoms with E-state index in [-0.39, 0.29) is 7.45 Å². The van der Waals surface area contributed by atoms with Crippen molar-refractivity contribution in [2.24, 2.45) is 0 Å². The molecule has 5 heteroatoms. The molecule has 0 bridgehead atoms. The lowest BCUT2D eigenvalue weighted by molar-refractivity contribution is 0.174. The molecule has 0 aromatic rings. The lowest BCUT2D eigenvalue weighted by atomic mass is 11.1. The van der Waals surface area contributed by atoms with Crippen LogP contribution in [0.1, 0.15) is 0 Å².